The average Bonchev–Trinajstić information content (AvgIpc) is 3.03. The van der Waals surface area contributed by atoms with Crippen LogP contribution in [0.4, 0.5) is 4.79 Å². The van der Waals surface area contributed by atoms with Gasteiger partial charge in [-0.2, -0.15) is 0 Å². The lowest BCUT2D eigenvalue weighted by molar-refractivity contribution is -0.136. The zero-order chi connectivity index (χ0) is 35.1. The van der Waals surface area contributed by atoms with Crippen LogP contribution in [0.15, 0.2) is 84.0 Å². The van der Waals surface area contributed by atoms with Crippen LogP contribution in [0.25, 0.3) is 0 Å². The van der Waals surface area contributed by atoms with Gasteiger partial charge < -0.3 is 18.7 Å². The van der Waals surface area contributed by atoms with Crippen molar-refractivity contribution in [3.8, 4) is 0 Å². The second kappa shape index (κ2) is 16.5. The van der Waals surface area contributed by atoms with E-state index in [-0.39, 0.29) is 22.3 Å². The van der Waals surface area contributed by atoms with Gasteiger partial charge in [-0.15, -0.1) is 0 Å². The van der Waals surface area contributed by atoms with E-state index in [0.29, 0.717) is 26.2 Å². The van der Waals surface area contributed by atoms with E-state index in [2.05, 4.69) is 34.1 Å². The van der Waals surface area contributed by atoms with Crippen molar-refractivity contribution in [2.45, 2.75) is 90.3 Å². The van der Waals surface area contributed by atoms with E-state index in [1.165, 1.54) is 21.6 Å². The number of pyridine rings is 1. The Hall–Kier alpha value is -3.21. The molecule has 0 spiro atoms. The van der Waals surface area contributed by atoms with E-state index in [1.807, 2.05) is 36.4 Å². The van der Waals surface area contributed by atoms with Gasteiger partial charge in [0.2, 0.25) is 5.91 Å². The Balaban J connectivity index is 1.58. The number of carbonyl (C=O) groups is 2. The molecule has 2 heterocycles. The molecule has 10 nitrogen and oxygen atoms in total. The first kappa shape index (κ1) is 37.6. The van der Waals surface area contributed by atoms with Crippen LogP contribution < -0.4 is 5.30 Å². The highest BCUT2D eigenvalue weighted by Gasteiger charge is 2.39. The van der Waals surface area contributed by atoms with Gasteiger partial charge in [-0.1, -0.05) is 60.7 Å². The first-order valence-corrected chi connectivity index (χ1v) is 18.8. The number of rotatable bonds is 12. The van der Waals surface area contributed by atoms with Crippen LogP contribution in [0.5, 0.6) is 0 Å². The van der Waals surface area contributed by atoms with Gasteiger partial charge in [-0.3, -0.25) is 14.3 Å². The van der Waals surface area contributed by atoms with Crippen molar-refractivity contribution in [2.24, 2.45) is 0 Å². The maximum atomic E-state index is 14.2. The Labute approximate surface area is 289 Å². The summed E-state index contributed by atoms with van der Waals surface area (Å²) >= 11 is 0.903. The lowest BCUT2D eigenvalue weighted by Crippen LogP contribution is -2.54. The van der Waals surface area contributed by atoms with E-state index in [9.17, 15) is 14.2 Å². The van der Waals surface area contributed by atoms with Crippen molar-refractivity contribution in [1.82, 2.24) is 19.1 Å². The minimum Gasteiger partial charge on any atom is -0.443 e. The fourth-order valence-corrected chi connectivity index (χ4v) is 8.70. The maximum absolute atomic E-state index is 14.2. The molecule has 1 fully saturated rings. The Bertz CT molecular complexity index is 1490. The van der Waals surface area contributed by atoms with Crippen LogP contribution in [-0.2, 0) is 23.1 Å². The van der Waals surface area contributed by atoms with E-state index in [0.717, 1.165) is 11.9 Å². The molecule has 0 N–H and O–H groups in total. The quantitative estimate of drug-likeness (QED) is 0.142. The average molecular weight is 697 g/mol. The first-order valence-electron chi connectivity index (χ1n) is 16.4. The highest BCUT2D eigenvalue weighted by Crippen LogP contribution is 2.51. The highest BCUT2D eigenvalue weighted by molar-refractivity contribution is 7.98. The molecule has 2 amide bonds. The number of hydrogen-bond donors (Lipinski definition) is 0. The standard InChI is InChI=1S/C36H49N4O6PS/c1-26(2)45-47(43,46-27(3)4)31-20-15-21-37-33(31)48-40(35(42)44-36(6,7)8)28(5)34(41)39-24-22-38(23-25-39)32(29-16-11-9-12-17-29)30-18-13-10-14-19-30/h9-21,26-28,32H,22-25H2,1-8H3/t28-/m1/s1. The SMILES string of the molecule is CC(C)OP(=O)(OC(C)C)c1cccnc1SN(C(=O)OC(C)(C)C)[C@H](C)C(=O)N1CCN(C(c2ccccc2)c2ccccc2)CC1. The normalized spacial score (nSPS) is 15.2. The fourth-order valence-electron chi connectivity index (χ4n) is 5.48. The molecule has 1 aromatic heterocycles. The van der Waals surface area contributed by atoms with E-state index in [4.69, 9.17) is 13.8 Å². The monoisotopic (exact) mass is 696 g/mol. The molecule has 1 aliphatic heterocycles. The third kappa shape index (κ3) is 9.92. The largest absolute Gasteiger partial charge is 0.443 e. The van der Waals surface area contributed by atoms with Gasteiger partial charge in [-0.25, -0.2) is 14.1 Å². The zero-order valence-corrected chi connectivity index (χ0v) is 30.9. The van der Waals surface area contributed by atoms with Gasteiger partial charge in [0, 0.05) is 44.3 Å². The molecule has 4 rings (SSSR count). The summed E-state index contributed by atoms with van der Waals surface area (Å²) in [5, 5.41) is 0.443. The van der Waals surface area contributed by atoms with Gasteiger partial charge in [0.1, 0.15) is 16.7 Å². The number of piperazine rings is 1. The third-order valence-corrected chi connectivity index (χ3v) is 11.1. The molecule has 2 aromatic carbocycles. The van der Waals surface area contributed by atoms with Crippen molar-refractivity contribution in [2.75, 3.05) is 26.2 Å². The van der Waals surface area contributed by atoms with Gasteiger partial charge in [-0.05, 0) is 78.6 Å². The molecule has 0 saturated carbocycles. The molecule has 0 radical (unpaired) electrons. The van der Waals surface area contributed by atoms with Crippen LogP contribution in [0.2, 0.25) is 0 Å². The topological polar surface area (TPSA) is 102 Å². The Morgan fingerprint density at radius 3 is 1.81 bits per heavy atom. The van der Waals surface area contributed by atoms with Gasteiger partial charge in [0.15, 0.2) is 0 Å². The van der Waals surface area contributed by atoms with Crippen LogP contribution >= 0.6 is 19.5 Å². The Morgan fingerprint density at radius 1 is 0.812 bits per heavy atom. The summed E-state index contributed by atoms with van der Waals surface area (Å²) in [5.41, 5.74) is 1.56. The molecule has 260 valence electrons. The van der Waals surface area contributed by atoms with Crippen molar-refractivity contribution in [3.63, 3.8) is 0 Å². The molecule has 1 atom stereocenters. The molecular weight excluding hydrogens is 647 g/mol. The molecule has 0 bridgehead atoms. The summed E-state index contributed by atoms with van der Waals surface area (Å²) in [5.74, 6) is -0.221. The molecule has 12 heteroatoms. The Kier molecular flexibility index (Phi) is 12.9. The lowest BCUT2D eigenvalue weighted by Gasteiger charge is -2.41. The number of aromatic nitrogens is 1. The van der Waals surface area contributed by atoms with Crippen LogP contribution in [0, 0.1) is 0 Å². The summed E-state index contributed by atoms with van der Waals surface area (Å²) in [7, 11) is -3.86. The fraction of sp³-hybridized carbons (Fsp3) is 0.472. The van der Waals surface area contributed by atoms with E-state index >= 15 is 0 Å². The van der Waals surface area contributed by atoms with Crippen molar-refractivity contribution in [1.29, 1.82) is 0 Å². The molecule has 1 saturated heterocycles. The van der Waals surface area contributed by atoms with Crippen molar-refractivity contribution in [3.05, 3.63) is 90.1 Å². The van der Waals surface area contributed by atoms with Crippen LogP contribution in [-0.4, -0.2) is 81.1 Å². The minimum absolute atomic E-state index is 0.0512. The maximum Gasteiger partial charge on any atom is 0.421 e. The molecule has 1 aliphatic rings. The summed E-state index contributed by atoms with van der Waals surface area (Å²) in [6.45, 7) is 16.3. The molecular formula is C36H49N4O6PS. The molecule has 0 unspecified atom stereocenters. The summed E-state index contributed by atoms with van der Waals surface area (Å²) in [6, 6.07) is 23.1. The summed E-state index contributed by atoms with van der Waals surface area (Å²) in [4.78, 5) is 36.5. The molecule has 3 aromatic rings. The van der Waals surface area contributed by atoms with Gasteiger partial charge in [0.05, 0.1) is 23.6 Å². The van der Waals surface area contributed by atoms with E-state index < -0.39 is 37.5 Å². The van der Waals surface area contributed by atoms with Crippen LogP contribution in [0.3, 0.4) is 0 Å². The number of ether oxygens (including phenoxy) is 1. The van der Waals surface area contributed by atoms with Crippen molar-refractivity contribution < 1.29 is 27.9 Å². The van der Waals surface area contributed by atoms with Crippen LogP contribution in [0.1, 0.15) is 72.6 Å². The summed E-state index contributed by atoms with van der Waals surface area (Å²) < 4.78 is 32.9. The van der Waals surface area contributed by atoms with Gasteiger partial charge >= 0.3 is 13.7 Å². The first-order chi connectivity index (χ1) is 22.7. The van der Waals surface area contributed by atoms with Crippen molar-refractivity contribution >= 4 is 36.8 Å². The summed E-state index contributed by atoms with van der Waals surface area (Å²) in [6.07, 6.45) is 0.0194. The number of amides is 2. The number of nitrogens with zero attached hydrogens (tertiary/aromatic N) is 4. The van der Waals surface area contributed by atoms with Gasteiger partial charge in [0.25, 0.3) is 0 Å². The predicted octanol–water partition coefficient (Wildman–Crippen LogP) is 7.32. The number of benzene rings is 2. The Morgan fingerprint density at radius 2 is 1.33 bits per heavy atom. The number of carbonyl (C=O) groups excluding carboxylic acids is 2. The lowest BCUT2D eigenvalue weighted by atomic mass is 9.96. The predicted molar refractivity (Wildman–Crippen MR) is 190 cm³/mol. The highest BCUT2D eigenvalue weighted by atomic mass is 32.2. The zero-order valence-electron chi connectivity index (χ0n) is 29.2. The second-order valence-corrected chi connectivity index (χ2v) is 16.2. The molecule has 0 aliphatic carbocycles. The smallest absolute Gasteiger partial charge is 0.421 e. The van der Waals surface area contributed by atoms with E-state index in [1.54, 1.807) is 72.4 Å². The second-order valence-electron chi connectivity index (χ2n) is 13.3. The number of hydrogen-bond acceptors (Lipinski definition) is 9. The minimum atomic E-state index is -3.86. The third-order valence-electron chi connectivity index (χ3n) is 7.43. The molecule has 48 heavy (non-hydrogen) atoms.